The molecule has 1 atom stereocenters. The maximum absolute atomic E-state index is 10.6. The van der Waals surface area contributed by atoms with Crippen LogP contribution in [0.25, 0.3) is 0 Å². The van der Waals surface area contributed by atoms with Gasteiger partial charge in [-0.15, -0.1) is 0 Å². The quantitative estimate of drug-likeness (QED) is 0.435. The van der Waals surface area contributed by atoms with Crippen LogP contribution in [0.15, 0.2) is 12.2 Å². The van der Waals surface area contributed by atoms with Gasteiger partial charge in [0.2, 0.25) is 0 Å². The molecule has 57 valence electrons. The third-order valence-electron chi connectivity index (χ3n) is 0.798. The van der Waals surface area contributed by atoms with Crippen molar-refractivity contribution < 1.29 is 14.6 Å². The van der Waals surface area contributed by atoms with Gasteiger partial charge in [0, 0.05) is 5.57 Å². The zero-order valence-corrected chi connectivity index (χ0v) is 6.22. The average molecular weight is 143 g/mol. The molecule has 0 N–H and O–H groups in total. The molecule has 0 amide bonds. The first-order chi connectivity index (χ1) is 4.54. The Morgan fingerprint density at radius 3 is 2.50 bits per heavy atom. The van der Waals surface area contributed by atoms with Crippen LogP contribution in [0, 0.1) is 0 Å². The van der Waals surface area contributed by atoms with E-state index < -0.39 is 12.1 Å². The van der Waals surface area contributed by atoms with Crippen molar-refractivity contribution in [2.45, 2.75) is 20.0 Å². The lowest BCUT2D eigenvalue weighted by Crippen LogP contribution is -2.14. The zero-order valence-electron chi connectivity index (χ0n) is 6.22. The molecule has 0 aromatic heterocycles. The number of esters is 1. The molecule has 0 saturated heterocycles. The van der Waals surface area contributed by atoms with E-state index in [4.69, 9.17) is 0 Å². The fourth-order valence-corrected chi connectivity index (χ4v) is 0.316. The highest BCUT2D eigenvalue weighted by Gasteiger charge is 2.04. The number of hydrogen-bond acceptors (Lipinski definition) is 2. The van der Waals surface area contributed by atoms with E-state index in [-0.39, 0.29) is 6.61 Å². The highest BCUT2D eigenvalue weighted by molar-refractivity contribution is 5.86. The summed E-state index contributed by atoms with van der Waals surface area (Å²) in [4.78, 5) is 10.6. The van der Waals surface area contributed by atoms with Crippen molar-refractivity contribution in [3.63, 3.8) is 0 Å². The molecule has 10 heavy (non-hydrogen) atoms. The van der Waals surface area contributed by atoms with E-state index in [0.717, 1.165) is 0 Å². The number of rotatable bonds is 3. The predicted molar refractivity (Wildman–Crippen MR) is 35.9 cm³/mol. The first kappa shape index (κ1) is 9.17. The highest BCUT2D eigenvalue weighted by atomic mass is 16.5. The van der Waals surface area contributed by atoms with Crippen molar-refractivity contribution in [2.75, 3.05) is 6.61 Å². The summed E-state index contributed by atoms with van der Waals surface area (Å²) in [5.41, 5.74) is 0.320. The third-order valence-corrected chi connectivity index (χ3v) is 0.798. The van der Waals surface area contributed by atoms with Crippen LogP contribution >= 0.6 is 0 Å². The Morgan fingerprint density at radius 1 is 1.70 bits per heavy atom. The van der Waals surface area contributed by atoms with Crippen LogP contribution in [0.2, 0.25) is 0 Å². The number of ether oxygens (including phenoxy) is 1. The fourth-order valence-electron chi connectivity index (χ4n) is 0.316. The van der Waals surface area contributed by atoms with Gasteiger partial charge in [-0.1, -0.05) is 6.58 Å². The van der Waals surface area contributed by atoms with Crippen LogP contribution in [0.4, 0.5) is 0 Å². The molecule has 0 saturated carbocycles. The molecule has 0 rings (SSSR count). The van der Waals surface area contributed by atoms with E-state index in [1.54, 1.807) is 0 Å². The highest BCUT2D eigenvalue weighted by Crippen LogP contribution is 1.93. The summed E-state index contributed by atoms with van der Waals surface area (Å²) in [6, 6.07) is 0. The van der Waals surface area contributed by atoms with Gasteiger partial charge in [0.1, 0.15) is 12.7 Å². The minimum atomic E-state index is -0.858. The molecule has 3 heteroatoms. The second-order valence-electron chi connectivity index (χ2n) is 2.19. The Bertz CT molecular complexity index is 138. The number of carbonyl (C=O) groups excluding carboxylic acids is 1. The standard InChI is InChI=1S/C7H11O3/c1-5(2)7(9)10-4-6(3)8/h6H,1,4H2,2-3H3. The molecular weight excluding hydrogens is 132 g/mol. The van der Waals surface area contributed by atoms with Crippen molar-refractivity contribution in [3.8, 4) is 0 Å². The maximum Gasteiger partial charge on any atom is 0.333 e. The topological polar surface area (TPSA) is 46.2 Å². The third kappa shape index (κ3) is 4.09. The predicted octanol–water partition coefficient (Wildman–Crippen LogP) is 0.925. The summed E-state index contributed by atoms with van der Waals surface area (Å²) in [5, 5.41) is 10.3. The van der Waals surface area contributed by atoms with Crippen molar-refractivity contribution in [2.24, 2.45) is 0 Å². The number of hydrogen-bond donors (Lipinski definition) is 0. The Labute approximate surface area is 60.3 Å². The van der Waals surface area contributed by atoms with Gasteiger partial charge in [0.25, 0.3) is 0 Å². The Morgan fingerprint density at radius 2 is 2.20 bits per heavy atom. The van der Waals surface area contributed by atoms with Crippen molar-refractivity contribution in [3.05, 3.63) is 12.2 Å². The smallest absolute Gasteiger partial charge is 0.333 e. The van der Waals surface area contributed by atoms with Crippen molar-refractivity contribution >= 4 is 5.97 Å². The second kappa shape index (κ2) is 4.06. The molecular formula is C7H11O3. The molecule has 0 aliphatic heterocycles. The zero-order chi connectivity index (χ0) is 8.15. The summed E-state index contributed by atoms with van der Waals surface area (Å²) in [6.07, 6.45) is -0.858. The van der Waals surface area contributed by atoms with E-state index in [1.807, 2.05) is 0 Å². The van der Waals surface area contributed by atoms with Crippen LogP contribution < -0.4 is 0 Å². The Hall–Kier alpha value is -0.830. The molecule has 0 aliphatic carbocycles. The molecule has 0 spiro atoms. The summed E-state index contributed by atoms with van der Waals surface area (Å²) >= 11 is 0. The summed E-state index contributed by atoms with van der Waals surface area (Å²) in [5.74, 6) is -0.497. The molecule has 0 fully saturated rings. The minimum Gasteiger partial charge on any atom is -0.459 e. The van der Waals surface area contributed by atoms with Crippen molar-refractivity contribution in [1.82, 2.24) is 0 Å². The Kier molecular flexibility index (Phi) is 3.72. The monoisotopic (exact) mass is 143 g/mol. The first-order valence-electron chi connectivity index (χ1n) is 3.02. The lowest BCUT2D eigenvalue weighted by atomic mass is 10.3. The van der Waals surface area contributed by atoms with Crippen molar-refractivity contribution in [1.29, 1.82) is 0 Å². The lowest BCUT2D eigenvalue weighted by Gasteiger charge is -2.03. The van der Waals surface area contributed by atoms with E-state index in [2.05, 4.69) is 11.3 Å². The minimum absolute atomic E-state index is 0.0777. The first-order valence-corrected chi connectivity index (χ1v) is 3.02. The molecule has 0 aliphatic rings. The van der Waals surface area contributed by atoms with Gasteiger partial charge in [0.05, 0.1) is 0 Å². The van der Waals surface area contributed by atoms with Gasteiger partial charge in [0.15, 0.2) is 0 Å². The SMILES string of the molecule is C=C(C)C(=O)OCC(C)[O]. The molecule has 0 heterocycles. The van der Waals surface area contributed by atoms with Crippen LogP contribution in [0.3, 0.4) is 0 Å². The van der Waals surface area contributed by atoms with Crippen LogP contribution in [0.5, 0.6) is 0 Å². The number of carbonyl (C=O) groups is 1. The molecule has 0 bridgehead atoms. The van der Waals surface area contributed by atoms with E-state index in [1.165, 1.54) is 13.8 Å². The fraction of sp³-hybridized carbons (Fsp3) is 0.571. The molecule has 3 nitrogen and oxygen atoms in total. The van der Waals surface area contributed by atoms with E-state index >= 15 is 0 Å². The van der Waals surface area contributed by atoms with Gasteiger partial charge in [-0.2, -0.15) is 0 Å². The van der Waals surface area contributed by atoms with Gasteiger partial charge in [-0.3, -0.25) is 0 Å². The summed E-state index contributed by atoms with van der Waals surface area (Å²) < 4.78 is 4.51. The van der Waals surface area contributed by atoms with E-state index in [0.29, 0.717) is 5.57 Å². The van der Waals surface area contributed by atoms with Gasteiger partial charge >= 0.3 is 5.97 Å². The van der Waals surface area contributed by atoms with Crippen LogP contribution in [0.1, 0.15) is 13.8 Å². The summed E-state index contributed by atoms with van der Waals surface area (Å²) in [7, 11) is 0. The Balaban J connectivity index is 3.50. The second-order valence-corrected chi connectivity index (χ2v) is 2.19. The maximum atomic E-state index is 10.6. The van der Waals surface area contributed by atoms with Crippen LogP contribution in [-0.4, -0.2) is 18.7 Å². The molecule has 1 radical (unpaired) electrons. The molecule has 0 aromatic rings. The van der Waals surface area contributed by atoms with Gasteiger partial charge in [-0.25, -0.2) is 9.90 Å². The normalized spacial score (nSPS) is 12.3. The summed E-state index contributed by atoms with van der Waals surface area (Å²) in [6.45, 7) is 6.25. The van der Waals surface area contributed by atoms with Gasteiger partial charge in [-0.05, 0) is 13.8 Å². The lowest BCUT2D eigenvalue weighted by molar-refractivity contribution is -0.142. The molecule has 1 unspecified atom stereocenters. The molecule has 0 aromatic carbocycles. The van der Waals surface area contributed by atoms with Gasteiger partial charge < -0.3 is 4.74 Å². The largest absolute Gasteiger partial charge is 0.459 e. The van der Waals surface area contributed by atoms with E-state index in [9.17, 15) is 9.90 Å². The van der Waals surface area contributed by atoms with Crippen LogP contribution in [-0.2, 0) is 14.6 Å². The average Bonchev–Trinajstić information content (AvgIpc) is 1.82.